The van der Waals surface area contributed by atoms with Crippen molar-refractivity contribution in [1.29, 1.82) is 0 Å². The molecule has 1 aliphatic heterocycles. The van der Waals surface area contributed by atoms with E-state index in [9.17, 15) is 5.11 Å². The van der Waals surface area contributed by atoms with Crippen LogP contribution in [0.4, 0.5) is 0 Å². The first-order valence-corrected chi connectivity index (χ1v) is 5.92. The van der Waals surface area contributed by atoms with Gasteiger partial charge in [-0.2, -0.15) is 0 Å². The summed E-state index contributed by atoms with van der Waals surface area (Å²) in [5, 5.41) is 13.0. The molecule has 2 N–H and O–H groups in total. The van der Waals surface area contributed by atoms with E-state index in [-0.39, 0.29) is 0 Å². The predicted molar refractivity (Wildman–Crippen MR) is 61.9 cm³/mol. The minimum absolute atomic E-state index is 0.387. The van der Waals surface area contributed by atoms with E-state index < -0.39 is 5.60 Å². The molecule has 3 nitrogen and oxygen atoms in total. The second-order valence-electron chi connectivity index (χ2n) is 5.66. The monoisotopic (exact) mass is 215 g/mol. The summed E-state index contributed by atoms with van der Waals surface area (Å²) in [6, 6.07) is 0. The van der Waals surface area contributed by atoms with E-state index in [0.717, 1.165) is 45.6 Å². The molecule has 0 amide bonds. The molecule has 1 heterocycles. The number of aliphatic hydroxyl groups is 1. The van der Waals surface area contributed by atoms with Gasteiger partial charge in [0.15, 0.2) is 0 Å². The number of hydrogen-bond donors (Lipinski definition) is 2. The average Bonchev–Trinajstić information content (AvgIpc) is 2.12. The smallest absolute Gasteiger partial charge is 0.0603 e. The average molecular weight is 215 g/mol. The molecule has 0 bridgehead atoms. The Balaban J connectivity index is 2.13. The standard InChI is InChI=1S/C12H25NO2/c1-11(2,14)4-7-13-10-12(3)5-8-15-9-6-12/h13-14H,4-10H2,1-3H3. The first kappa shape index (κ1) is 12.9. The van der Waals surface area contributed by atoms with Crippen LogP contribution in [0, 0.1) is 5.41 Å². The van der Waals surface area contributed by atoms with Crippen LogP contribution in [0.5, 0.6) is 0 Å². The van der Waals surface area contributed by atoms with Gasteiger partial charge in [-0.3, -0.25) is 0 Å². The molecule has 1 aliphatic rings. The summed E-state index contributed by atoms with van der Waals surface area (Å²) in [5.74, 6) is 0. The highest BCUT2D eigenvalue weighted by Crippen LogP contribution is 2.28. The third-order valence-corrected chi connectivity index (χ3v) is 3.17. The maximum absolute atomic E-state index is 9.56. The lowest BCUT2D eigenvalue weighted by Gasteiger charge is -2.34. The van der Waals surface area contributed by atoms with Crippen LogP contribution in [0.25, 0.3) is 0 Å². The van der Waals surface area contributed by atoms with Gasteiger partial charge < -0.3 is 15.2 Å². The van der Waals surface area contributed by atoms with Crippen molar-refractivity contribution in [3.05, 3.63) is 0 Å². The molecule has 0 atom stereocenters. The molecule has 0 radical (unpaired) electrons. The molecular formula is C12H25NO2. The molecule has 0 unspecified atom stereocenters. The SMILES string of the molecule is CC(C)(O)CCNCC1(C)CCOCC1. The van der Waals surface area contributed by atoms with Crippen LogP contribution in [0.15, 0.2) is 0 Å². The molecule has 90 valence electrons. The number of hydrogen-bond acceptors (Lipinski definition) is 3. The number of ether oxygens (including phenoxy) is 1. The summed E-state index contributed by atoms with van der Waals surface area (Å²) in [4.78, 5) is 0. The summed E-state index contributed by atoms with van der Waals surface area (Å²) in [7, 11) is 0. The Morgan fingerprint density at radius 1 is 1.33 bits per heavy atom. The van der Waals surface area contributed by atoms with Crippen molar-refractivity contribution < 1.29 is 9.84 Å². The summed E-state index contributed by atoms with van der Waals surface area (Å²) in [5.41, 5.74) is -0.165. The van der Waals surface area contributed by atoms with Crippen LogP contribution < -0.4 is 5.32 Å². The van der Waals surface area contributed by atoms with Gasteiger partial charge in [0.25, 0.3) is 0 Å². The summed E-state index contributed by atoms with van der Waals surface area (Å²) >= 11 is 0. The van der Waals surface area contributed by atoms with Gasteiger partial charge in [0, 0.05) is 19.8 Å². The Bertz CT molecular complexity index is 181. The van der Waals surface area contributed by atoms with Crippen LogP contribution in [0.2, 0.25) is 0 Å². The highest BCUT2D eigenvalue weighted by Gasteiger charge is 2.26. The van der Waals surface area contributed by atoms with Gasteiger partial charge in [0.1, 0.15) is 0 Å². The third kappa shape index (κ3) is 5.50. The molecule has 15 heavy (non-hydrogen) atoms. The lowest BCUT2D eigenvalue weighted by atomic mass is 9.82. The van der Waals surface area contributed by atoms with Crippen LogP contribution in [0.1, 0.15) is 40.0 Å². The minimum Gasteiger partial charge on any atom is -0.390 e. The topological polar surface area (TPSA) is 41.5 Å². The van der Waals surface area contributed by atoms with Gasteiger partial charge in [0.05, 0.1) is 5.60 Å². The van der Waals surface area contributed by atoms with Crippen LogP contribution in [-0.4, -0.2) is 37.0 Å². The zero-order valence-corrected chi connectivity index (χ0v) is 10.3. The normalized spacial score (nSPS) is 21.6. The maximum Gasteiger partial charge on any atom is 0.0603 e. The summed E-state index contributed by atoms with van der Waals surface area (Å²) in [6.07, 6.45) is 3.09. The fourth-order valence-electron chi connectivity index (χ4n) is 1.83. The molecular weight excluding hydrogens is 190 g/mol. The summed E-state index contributed by atoms with van der Waals surface area (Å²) < 4.78 is 5.36. The van der Waals surface area contributed by atoms with Crippen molar-refractivity contribution in [1.82, 2.24) is 5.32 Å². The predicted octanol–water partition coefficient (Wildman–Crippen LogP) is 1.55. The lowest BCUT2D eigenvalue weighted by Crippen LogP contribution is -2.38. The Labute approximate surface area is 93.2 Å². The molecule has 0 aromatic carbocycles. The second-order valence-corrected chi connectivity index (χ2v) is 5.66. The van der Waals surface area contributed by atoms with Gasteiger partial charge in [-0.25, -0.2) is 0 Å². The highest BCUT2D eigenvalue weighted by atomic mass is 16.5. The molecule has 0 aromatic heterocycles. The zero-order chi connectivity index (χ0) is 11.4. The van der Waals surface area contributed by atoms with E-state index in [0.29, 0.717) is 5.41 Å². The van der Waals surface area contributed by atoms with Gasteiger partial charge in [-0.05, 0) is 45.1 Å². The Morgan fingerprint density at radius 2 is 1.93 bits per heavy atom. The van der Waals surface area contributed by atoms with E-state index in [2.05, 4.69) is 12.2 Å². The maximum atomic E-state index is 9.56. The third-order valence-electron chi connectivity index (χ3n) is 3.17. The van der Waals surface area contributed by atoms with E-state index >= 15 is 0 Å². The number of rotatable bonds is 5. The Morgan fingerprint density at radius 3 is 2.47 bits per heavy atom. The lowest BCUT2D eigenvalue weighted by molar-refractivity contribution is 0.0224. The van der Waals surface area contributed by atoms with Crippen molar-refractivity contribution in [2.75, 3.05) is 26.3 Å². The quantitative estimate of drug-likeness (QED) is 0.684. The number of nitrogens with one attached hydrogen (secondary N) is 1. The van der Waals surface area contributed by atoms with Gasteiger partial charge >= 0.3 is 0 Å². The van der Waals surface area contributed by atoms with Crippen LogP contribution in [-0.2, 0) is 4.74 Å². The van der Waals surface area contributed by atoms with E-state index in [1.165, 1.54) is 0 Å². The van der Waals surface area contributed by atoms with Gasteiger partial charge in [0.2, 0.25) is 0 Å². The molecule has 1 saturated heterocycles. The first-order valence-electron chi connectivity index (χ1n) is 5.92. The Hall–Kier alpha value is -0.120. The highest BCUT2D eigenvalue weighted by molar-refractivity contribution is 4.80. The summed E-state index contributed by atoms with van der Waals surface area (Å²) in [6.45, 7) is 9.72. The first-order chi connectivity index (χ1) is 6.91. The van der Waals surface area contributed by atoms with E-state index in [4.69, 9.17) is 4.74 Å². The van der Waals surface area contributed by atoms with Crippen molar-refractivity contribution in [2.45, 2.75) is 45.6 Å². The van der Waals surface area contributed by atoms with Crippen molar-refractivity contribution in [3.8, 4) is 0 Å². The fraction of sp³-hybridized carbons (Fsp3) is 1.00. The molecule has 0 aliphatic carbocycles. The second kappa shape index (κ2) is 5.28. The zero-order valence-electron chi connectivity index (χ0n) is 10.3. The van der Waals surface area contributed by atoms with Crippen molar-refractivity contribution in [2.24, 2.45) is 5.41 Å². The van der Waals surface area contributed by atoms with E-state index in [1.807, 2.05) is 13.8 Å². The van der Waals surface area contributed by atoms with Crippen LogP contribution in [0.3, 0.4) is 0 Å². The fourth-order valence-corrected chi connectivity index (χ4v) is 1.83. The Kier molecular flexibility index (Phi) is 4.56. The molecule has 0 aromatic rings. The minimum atomic E-state index is -0.552. The van der Waals surface area contributed by atoms with Crippen molar-refractivity contribution in [3.63, 3.8) is 0 Å². The molecule has 0 spiro atoms. The van der Waals surface area contributed by atoms with Gasteiger partial charge in [-0.15, -0.1) is 0 Å². The van der Waals surface area contributed by atoms with Crippen molar-refractivity contribution >= 4 is 0 Å². The van der Waals surface area contributed by atoms with Crippen LogP contribution >= 0.6 is 0 Å². The van der Waals surface area contributed by atoms with Gasteiger partial charge in [-0.1, -0.05) is 6.92 Å². The largest absolute Gasteiger partial charge is 0.390 e. The molecule has 1 fully saturated rings. The molecule has 1 rings (SSSR count). The van der Waals surface area contributed by atoms with E-state index in [1.54, 1.807) is 0 Å². The molecule has 3 heteroatoms. The molecule has 0 saturated carbocycles.